The van der Waals surface area contributed by atoms with E-state index < -0.39 is 30.3 Å². The van der Waals surface area contributed by atoms with Crippen LogP contribution in [0.2, 0.25) is 0 Å². The van der Waals surface area contributed by atoms with E-state index in [9.17, 15) is 23.1 Å². The summed E-state index contributed by atoms with van der Waals surface area (Å²) < 4.78 is 50.0. The first-order valence-corrected chi connectivity index (χ1v) is 11.0. The smallest absolute Gasteiger partial charge is 0.314 e. The third-order valence-corrected chi connectivity index (χ3v) is 6.44. The lowest BCUT2D eigenvalue weighted by atomic mass is 9.84. The molecule has 1 saturated heterocycles. The van der Waals surface area contributed by atoms with Crippen LogP contribution in [0.1, 0.15) is 52.7 Å². The molecule has 1 aromatic heterocycles. The molecule has 0 spiro atoms. The van der Waals surface area contributed by atoms with Crippen LogP contribution >= 0.6 is 0 Å². The molecule has 0 radical (unpaired) electrons. The first-order valence-electron chi connectivity index (χ1n) is 11.0. The second-order valence-corrected chi connectivity index (χ2v) is 8.49. The van der Waals surface area contributed by atoms with Crippen LogP contribution in [0.25, 0.3) is 11.5 Å². The van der Waals surface area contributed by atoms with Gasteiger partial charge in [-0.15, -0.1) is 10.2 Å². The topological polar surface area (TPSA) is 88.7 Å². The van der Waals surface area contributed by atoms with Crippen molar-refractivity contribution in [1.29, 1.82) is 0 Å². The third-order valence-electron chi connectivity index (χ3n) is 6.44. The maximum Gasteiger partial charge on any atom is 0.314 e. The van der Waals surface area contributed by atoms with Gasteiger partial charge in [0.25, 0.3) is 11.8 Å². The largest absolute Gasteiger partial charge is 0.415 e. The van der Waals surface area contributed by atoms with Crippen molar-refractivity contribution in [3.63, 3.8) is 0 Å². The van der Waals surface area contributed by atoms with E-state index in [1.54, 1.807) is 23.1 Å². The quantitative estimate of drug-likeness (QED) is 0.575. The maximum atomic E-state index is 13.9. The molecule has 1 fully saturated rings. The Morgan fingerprint density at radius 1 is 1.09 bits per heavy atom. The maximum absolute atomic E-state index is 13.9. The summed E-state index contributed by atoms with van der Waals surface area (Å²) in [7, 11) is 0. The minimum Gasteiger partial charge on any atom is -0.415 e. The number of benzene rings is 2. The Labute approximate surface area is 193 Å². The van der Waals surface area contributed by atoms with Crippen molar-refractivity contribution < 1.29 is 32.2 Å². The van der Waals surface area contributed by atoms with Gasteiger partial charge < -0.3 is 19.2 Å². The van der Waals surface area contributed by atoms with E-state index in [4.69, 9.17) is 9.15 Å². The number of carbonyl (C=O) groups excluding carboxylic acids is 1. The van der Waals surface area contributed by atoms with Gasteiger partial charge in [0.1, 0.15) is 5.82 Å². The number of hydrogen-bond acceptors (Lipinski definition) is 6. The molecule has 7 nitrogen and oxygen atoms in total. The number of amides is 1. The number of rotatable bonds is 6. The average molecular weight is 473 g/mol. The van der Waals surface area contributed by atoms with E-state index in [-0.39, 0.29) is 24.3 Å². The highest BCUT2D eigenvalue weighted by molar-refractivity contribution is 5.99. The minimum atomic E-state index is -2.89. The van der Waals surface area contributed by atoms with Crippen molar-refractivity contribution in [1.82, 2.24) is 15.1 Å². The number of hydrogen-bond donors (Lipinski definition) is 1. The van der Waals surface area contributed by atoms with Crippen LogP contribution in [0.4, 0.5) is 13.2 Å². The molecule has 0 unspecified atom stereocenters. The van der Waals surface area contributed by atoms with E-state index in [0.717, 1.165) is 5.56 Å². The molecule has 2 aliphatic heterocycles. The normalized spacial score (nSPS) is 18.4. The summed E-state index contributed by atoms with van der Waals surface area (Å²) in [4.78, 5) is 15.1. The summed E-state index contributed by atoms with van der Waals surface area (Å²) in [5.41, 5.74) is 1.84. The average Bonchev–Trinajstić information content (AvgIpc) is 3.46. The van der Waals surface area contributed by atoms with Gasteiger partial charge in [-0.1, -0.05) is 18.2 Å². The van der Waals surface area contributed by atoms with Gasteiger partial charge in [0.2, 0.25) is 5.89 Å². The Bertz CT molecular complexity index is 1200. The molecule has 1 amide bonds. The van der Waals surface area contributed by atoms with Crippen molar-refractivity contribution in [2.24, 2.45) is 5.92 Å². The fraction of sp³-hybridized carbons (Fsp3) is 0.375. The highest BCUT2D eigenvalue weighted by atomic mass is 19.3. The molecule has 34 heavy (non-hydrogen) atoms. The predicted molar refractivity (Wildman–Crippen MR) is 113 cm³/mol. The second-order valence-electron chi connectivity index (χ2n) is 8.49. The lowest BCUT2D eigenvalue weighted by Gasteiger charge is -2.39. The second kappa shape index (κ2) is 9.19. The van der Waals surface area contributed by atoms with Crippen LogP contribution in [0.15, 0.2) is 46.9 Å². The zero-order valence-electron chi connectivity index (χ0n) is 18.0. The molecule has 3 aromatic rings. The SMILES string of the molecule is O=C1c2cc(-c3nnc(C(F)F)o3)ccc2CN1[C@H](C1CCOCC1)[C@H](O)c1cccc(F)c1. The molecular formula is C24H22F3N3O4. The molecule has 0 saturated carbocycles. The van der Waals surface area contributed by atoms with Gasteiger partial charge in [-0.3, -0.25) is 4.79 Å². The minimum absolute atomic E-state index is 0.0470. The number of nitrogens with zero attached hydrogens (tertiary/aromatic N) is 3. The van der Waals surface area contributed by atoms with E-state index in [1.807, 2.05) is 0 Å². The van der Waals surface area contributed by atoms with Crippen molar-refractivity contribution >= 4 is 5.91 Å². The van der Waals surface area contributed by atoms with Gasteiger partial charge in [0.05, 0.1) is 12.1 Å². The standard InChI is InChI=1S/C24H22F3N3O4/c25-17-3-1-2-14(10-17)20(31)19(13-6-8-33-9-7-13)30-12-16-5-4-15(11-18(16)24(30)32)22-28-29-23(34-22)21(26)27/h1-5,10-11,13,19-21,31H,6-9,12H2/t19-,20-/m1/s1. The zero-order valence-corrected chi connectivity index (χ0v) is 18.0. The van der Waals surface area contributed by atoms with Gasteiger partial charge in [-0.2, -0.15) is 8.78 Å². The monoisotopic (exact) mass is 473 g/mol. The number of ether oxygens (including phenoxy) is 1. The van der Waals surface area contributed by atoms with Crippen LogP contribution in [0, 0.1) is 11.7 Å². The van der Waals surface area contributed by atoms with Gasteiger partial charge in [-0.25, -0.2) is 4.39 Å². The van der Waals surface area contributed by atoms with Gasteiger partial charge in [-0.05, 0) is 54.2 Å². The Hall–Kier alpha value is -3.24. The van der Waals surface area contributed by atoms with Crippen molar-refractivity contribution in [2.45, 2.75) is 38.0 Å². The van der Waals surface area contributed by atoms with Crippen LogP contribution in [-0.2, 0) is 11.3 Å². The molecular weight excluding hydrogens is 451 g/mol. The molecule has 1 N–H and O–H groups in total. The molecule has 2 aromatic carbocycles. The molecule has 2 atom stereocenters. The molecule has 3 heterocycles. The molecule has 0 bridgehead atoms. The van der Waals surface area contributed by atoms with Gasteiger partial charge in [0.15, 0.2) is 0 Å². The summed E-state index contributed by atoms with van der Waals surface area (Å²) >= 11 is 0. The van der Waals surface area contributed by atoms with Crippen molar-refractivity contribution in [2.75, 3.05) is 13.2 Å². The van der Waals surface area contributed by atoms with E-state index >= 15 is 0 Å². The molecule has 2 aliphatic rings. The Morgan fingerprint density at radius 2 is 1.88 bits per heavy atom. The number of aliphatic hydroxyl groups is 1. The lowest BCUT2D eigenvalue weighted by molar-refractivity contribution is -0.0214. The van der Waals surface area contributed by atoms with E-state index in [1.165, 1.54) is 24.3 Å². The lowest BCUT2D eigenvalue weighted by Crippen LogP contribution is -2.46. The Balaban J connectivity index is 1.47. The number of carbonyl (C=O) groups is 1. The Kier molecular flexibility index (Phi) is 6.09. The number of alkyl halides is 2. The molecule has 178 valence electrons. The molecule has 10 heteroatoms. The summed E-state index contributed by atoms with van der Waals surface area (Å²) in [5.74, 6) is -1.72. The van der Waals surface area contributed by atoms with Crippen LogP contribution in [-0.4, -0.2) is 45.4 Å². The highest BCUT2D eigenvalue weighted by Gasteiger charge is 2.41. The van der Waals surface area contributed by atoms with E-state index in [2.05, 4.69) is 10.2 Å². The third kappa shape index (κ3) is 4.19. The van der Waals surface area contributed by atoms with Gasteiger partial charge in [0, 0.05) is 30.9 Å². The van der Waals surface area contributed by atoms with Crippen molar-refractivity contribution in [3.8, 4) is 11.5 Å². The number of aliphatic hydroxyl groups excluding tert-OH is 1. The first-order chi connectivity index (χ1) is 16.4. The number of aromatic nitrogens is 2. The summed E-state index contributed by atoms with van der Waals surface area (Å²) in [6.07, 6.45) is -2.68. The van der Waals surface area contributed by atoms with E-state index in [0.29, 0.717) is 42.7 Å². The van der Waals surface area contributed by atoms with Crippen molar-refractivity contribution in [3.05, 3.63) is 70.9 Å². The number of halogens is 3. The summed E-state index contributed by atoms with van der Waals surface area (Å²) in [5, 5.41) is 18.3. The van der Waals surface area contributed by atoms with Gasteiger partial charge >= 0.3 is 6.43 Å². The molecule has 0 aliphatic carbocycles. The molecule has 5 rings (SSSR count). The van der Waals surface area contributed by atoms with Crippen LogP contribution in [0.5, 0.6) is 0 Å². The summed E-state index contributed by atoms with van der Waals surface area (Å²) in [6, 6.07) is 10.0. The van der Waals surface area contributed by atoms with Crippen LogP contribution < -0.4 is 0 Å². The fourth-order valence-electron chi connectivity index (χ4n) is 4.76. The highest BCUT2D eigenvalue weighted by Crippen LogP contribution is 2.38. The first kappa shape index (κ1) is 22.5. The number of fused-ring (bicyclic) bond motifs is 1. The fourth-order valence-corrected chi connectivity index (χ4v) is 4.76. The zero-order chi connectivity index (χ0) is 23.8. The van der Waals surface area contributed by atoms with Crippen LogP contribution in [0.3, 0.4) is 0 Å². The predicted octanol–water partition coefficient (Wildman–Crippen LogP) is 4.30. The Morgan fingerprint density at radius 3 is 2.59 bits per heavy atom. The summed E-state index contributed by atoms with van der Waals surface area (Å²) in [6.45, 7) is 1.29.